The molecule has 5 heteroatoms. The van der Waals surface area contributed by atoms with E-state index in [0.717, 1.165) is 5.56 Å². The first-order valence-electron chi connectivity index (χ1n) is 8.93. The minimum atomic E-state index is -0.437. The van der Waals surface area contributed by atoms with E-state index in [1.807, 2.05) is 44.2 Å². The Hall–Kier alpha value is -3.21. The van der Waals surface area contributed by atoms with Crippen molar-refractivity contribution in [3.05, 3.63) is 65.2 Å². The van der Waals surface area contributed by atoms with Crippen molar-refractivity contribution in [3.63, 3.8) is 0 Å². The van der Waals surface area contributed by atoms with Crippen LogP contribution in [0.5, 0.6) is 17.2 Å². The molecule has 1 heterocycles. The van der Waals surface area contributed by atoms with Crippen LogP contribution in [0.25, 0.3) is 11.8 Å². The van der Waals surface area contributed by atoms with Gasteiger partial charge in [-0.1, -0.05) is 30.3 Å². The smallest absolute Gasteiger partial charge is 0.189 e. The Kier molecular flexibility index (Phi) is 5.45. The molecule has 0 atom stereocenters. The fraction of sp³-hybridized carbons (Fsp3) is 0.261. The van der Waals surface area contributed by atoms with Crippen LogP contribution in [0.4, 0.5) is 0 Å². The predicted molar refractivity (Wildman–Crippen MR) is 109 cm³/mol. The topological polar surface area (TPSA) is 54.0 Å². The Morgan fingerprint density at radius 3 is 2.39 bits per heavy atom. The Balaban J connectivity index is 2.16. The number of allylic oxidation sites excluding steroid dienone is 1. The zero-order valence-electron chi connectivity index (χ0n) is 16.7. The summed E-state index contributed by atoms with van der Waals surface area (Å²) in [6, 6.07) is 10.8. The summed E-state index contributed by atoms with van der Waals surface area (Å²) in [6.45, 7) is 3.94. The molecule has 0 N–H and O–H groups in total. The highest BCUT2D eigenvalue weighted by Crippen LogP contribution is 2.46. The molecular weight excluding hydrogens is 356 g/mol. The van der Waals surface area contributed by atoms with Gasteiger partial charge >= 0.3 is 0 Å². The number of carbonyl (C=O) groups excluding carboxylic acids is 1. The molecule has 0 unspecified atom stereocenters. The summed E-state index contributed by atoms with van der Waals surface area (Å²) < 4.78 is 22.9. The summed E-state index contributed by atoms with van der Waals surface area (Å²) in [6.07, 6.45) is 5.35. The fourth-order valence-corrected chi connectivity index (χ4v) is 3.12. The van der Waals surface area contributed by atoms with Crippen molar-refractivity contribution in [2.75, 3.05) is 21.3 Å². The summed E-state index contributed by atoms with van der Waals surface area (Å²) in [7, 11) is 4.64. The normalized spacial score (nSPS) is 14.7. The molecule has 0 spiro atoms. The molecule has 5 nitrogen and oxygen atoms in total. The molecule has 28 heavy (non-hydrogen) atoms. The van der Waals surface area contributed by atoms with Gasteiger partial charge in [0.25, 0.3) is 0 Å². The molecule has 0 aromatic heterocycles. The van der Waals surface area contributed by atoms with E-state index >= 15 is 0 Å². The summed E-state index contributed by atoms with van der Waals surface area (Å²) in [5.74, 6) is 1.84. The molecule has 146 valence electrons. The van der Waals surface area contributed by atoms with Gasteiger partial charge in [-0.3, -0.25) is 4.79 Å². The number of carbonyl (C=O) groups is 1. The van der Waals surface area contributed by atoms with Crippen molar-refractivity contribution in [1.82, 2.24) is 0 Å². The first-order chi connectivity index (χ1) is 13.4. The van der Waals surface area contributed by atoms with E-state index in [4.69, 9.17) is 18.9 Å². The van der Waals surface area contributed by atoms with E-state index in [1.54, 1.807) is 32.4 Å². The van der Waals surface area contributed by atoms with Gasteiger partial charge in [-0.05, 0) is 26.0 Å². The van der Waals surface area contributed by atoms with Crippen LogP contribution in [0.3, 0.4) is 0 Å². The van der Waals surface area contributed by atoms with Gasteiger partial charge < -0.3 is 18.9 Å². The standard InChI is InChI=1S/C23H24O5/c1-23(2)12-11-16-18(28-23)14-20(26-4)21(22(16)27-5)19(25-3)13-17(24)15-9-7-6-8-10-15/h6-14H,1-5H3/b19-13-. The zero-order chi connectivity index (χ0) is 20.3. The number of methoxy groups -OCH3 is 3. The molecule has 2 aromatic rings. The van der Waals surface area contributed by atoms with E-state index in [0.29, 0.717) is 34.1 Å². The van der Waals surface area contributed by atoms with E-state index < -0.39 is 5.60 Å². The number of fused-ring (bicyclic) bond motifs is 1. The molecule has 1 aliphatic rings. The number of hydrogen-bond donors (Lipinski definition) is 0. The summed E-state index contributed by atoms with van der Waals surface area (Å²) >= 11 is 0. The maximum absolute atomic E-state index is 12.7. The van der Waals surface area contributed by atoms with E-state index in [1.165, 1.54) is 13.2 Å². The van der Waals surface area contributed by atoms with E-state index in [2.05, 4.69) is 0 Å². The lowest BCUT2D eigenvalue weighted by Gasteiger charge is -2.30. The lowest BCUT2D eigenvalue weighted by molar-refractivity contribution is 0.104. The largest absolute Gasteiger partial charge is 0.496 e. The molecule has 3 rings (SSSR count). The molecule has 0 saturated heterocycles. The highest BCUT2D eigenvalue weighted by Gasteiger charge is 2.29. The van der Waals surface area contributed by atoms with Crippen molar-refractivity contribution in [3.8, 4) is 17.2 Å². The van der Waals surface area contributed by atoms with Gasteiger partial charge in [-0.15, -0.1) is 0 Å². The van der Waals surface area contributed by atoms with Crippen molar-refractivity contribution in [2.45, 2.75) is 19.4 Å². The van der Waals surface area contributed by atoms with Crippen LogP contribution in [0.1, 0.15) is 35.3 Å². The molecule has 0 amide bonds. The highest BCUT2D eigenvalue weighted by atomic mass is 16.5. The molecule has 2 aromatic carbocycles. The Morgan fingerprint density at radius 2 is 1.79 bits per heavy atom. The number of ether oxygens (including phenoxy) is 4. The summed E-state index contributed by atoms with van der Waals surface area (Å²) in [5, 5.41) is 0. The second-order valence-corrected chi connectivity index (χ2v) is 6.88. The first kappa shape index (κ1) is 19.5. The second-order valence-electron chi connectivity index (χ2n) is 6.88. The van der Waals surface area contributed by atoms with Crippen LogP contribution in [-0.2, 0) is 4.74 Å². The zero-order valence-corrected chi connectivity index (χ0v) is 16.7. The number of rotatable bonds is 6. The predicted octanol–water partition coefficient (Wildman–Crippen LogP) is 4.76. The minimum absolute atomic E-state index is 0.174. The van der Waals surface area contributed by atoms with Gasteiger partial charge in [-0.2, -0.15) is 0 Å². The second kappa shape index (κ2) is 7.80. The SMILES string of the molecule is CO/C(=C\C(=O)c1ccccc1)c1c(OC)cc2c(c1OC)C=CC(C)(C)O2. The van der Waals surface area contributed by atoms with E-state index in [9.17, 15) is 4.79 Å². The van der Waals surface area contributed by atoms with Crippen LogP contribution in [0.2, 0.25) is 0 Å². The minimum Gasteiger partial charge on any atom is -0.496 e. The van der Waals surface area contributed by atoms with Crippen LogP contribution in [0.15, 0.2) is 48.6 Å². The number of hydrogen-bond acceptors (Lipinski definition) is 5. The summed E-state index contributed by atoms with van der Waals surface area (Å²) in [4.78, 5) is 12.7. The van der Waals surface area contributed by atoms with Crippen molar-refractivity contribution >= 4 is 17.6 Å². The van der Waals surface area contributed by atoms with E-state index in [-0.39, 0.29) is 5.78 Å². The maximum atomic E-state index is 12.7. The third kappa shape index (κ3) is 3.74. The van der Waals surface area contributed by atoms with Crippen LogP contribution < -0.4 is 14.2 Å². The van der Waals surface area contributed by atoms with Crippen molar-refractivity contribution in [2.24, 2.45) is 0 Å². The van der Waals surface area contributed by atoms with Gasteiger partial charge in [0.15, 0.2) is 5.78 Å². The molecule has 1 aliphatic heterocycles. The lowest BCUT2D eigenvalue weighted by atomic mass is 9.97. The molecule has 0 saturated carbocycles. The van der Waals surface area contributed by atoms with Crippen LogP contribution in [0, 0.1) is 0 Å². The third-order valence-electron chi connectivity index (χ3n) is 4.48. The molecular formula is C23H24O5. The van der Waals surface area contributed by atoms with Crippen LogP contribution in [-0.4, -0.2) is 32.7 Å². The monoisotopic (exact) mass is 380 g/mol. The highest BCUT2D eigenvalue weighted by molar-refractivity contribution is 6.08. The molecule has 0 fully saturated rings. The van der Waals surface area contributed by atoms with Gasteiger partial charge in [-0.25, -0.2) is 0 Å². The quantitative estimate of drug-likeness (QED) is 0.411. The Labute approximate surface area is 165 Å². The fourth-order valence-electron chi connectivity index (χ4n) is 3.12. The van der Waals surface area contributed by atoms with Gasteiger partial charge in [0, 0.05) is 17.7 Å². The van der Waals surface area contributed by atoms with Crippen LogP contribution >= 0.6 is 0 Å². The first-order valence-corrected chi connectivity index (χ1v) is 8.93. The van der Waals surface area contributed by atoms with Crippen molar-refractivity contribution < 1.29 is 23.7 Å². The van der Waals surface area contributed by atoms with Gasteiger partial charge in [0.05, 0.1) is 26.9 Å². The molecule has 0 aliphatic carbocycles. The summed E-state index contributed by atoms with van der Waals surface area (Å²) in [5.41, 5.74) is 1.46. The van der Waals surface area contributed by atoms with Gasteiger partial charge in [0.1, 0.15) is 34.2 Å². The average molecular weight is 380 g/mol. The third-order valence-corrected chi connectivity index (χ3v) is 4.48. The van der Waals surface area contributed by atoms with Crippen molar-refractivity contribution in [1.29, 1.82) is 0 Å². The number of benzene rings is 2. The average Bonchev–Trinajstić information content (AvgIpc) is 2.70. The maximum Gasteiger partial charge on any atom is 0.189 e. The molecule has 0 radical (unpaired) electrons. The lowest BCUT2D eigenvalue weighted by Crippen LogP contribution is -2.27. The number of ketones is 1. The molecule has 0 bridgehead atoms. The van der Waals surface area contributed by atoms with Gasteiger partial charge in [0.2, 0.25) is 0 Å². The Bertz CT molecular complexity index is 939. The Morgan fingerprint density at radius 1 is 1.07 bits per heavy atom.